The first-order valence-electron chi connectivity index (χ1n) is 11.8. The number of nitrogens with two attached hydrogens (primary N) is 1. The van der Waals surface area contributed by atoms with Crippen LogP contribution in [0.15, 0.2) is 36.5 Å². The largest absolute Gasteiger partial charge is 0.354 e. The van der Waals surface area contributed by atoms with E-state index in [9.17, 15) is 4.79 Å². The molecule has 5 rings (SSSR count). The summed E-state index contributed by atoms with van der Waals surface area (Å²) >= 11 is 0. The van der Waals surface area contributed by atoms with Crippen molar-refractivity contribution in [3.05, 3.63) is 53.3 Å². The minimum atomic E-state index is -0.580. The molecule has 168 valence electrons. The number of carbonyl (C=O) groups excluding carboxylic acids is 1. The highest BCUT2D eigenvalue weighted by molar-refractivity contribution is 5.94. The molecule has 3 aromatic rings. The molecular formula is C27H34N4O. The highest BCUT2D eigenvalue weighted by atomic mass is 16.2. The van der Waals surface area contributed by atoms with Crippen molar-refractivity contribution in [1.82, 2.24) is 14.9 Å². The van der Waals surface area contributed by atoms with Crippen LogP contribution in [0.5, 0.6) is 0 Å². The molecule has 3 heterocycles. The summed E-state index contributed by atoms with van der Waals surface area (Å²) in [6.07, 6.45) is 2.98. The number of pyridine rings is 1. The predicted molar refractivity (Wildman–Crippen MR) is 130 cm³/mol. The quantitative estimate of drug-likeness (QED) is 0.614. The lowest BCUT2D eigenvalue weighted by molar-refractivity contribution is -0.136. The van der Waals surface area contributed by atoms with Crippen LogP contribution in [0.25, 0.3) is 22.2 Å². The molecule has 1 saturated carbocycles. The number of nitrogens with one attached hydrogen (secondary N) is 1. The Morgan fingerprint density at radius 3 is 2.72 bits per heavy atom. The maximum absolute atomic E-state index is 13.7. The Balaban J connectivity index is 1.55. The van der Waals surface area contributed by atoms with Gasteiger partial charge in [-0.15, -0.1) is 0 Å². The number of aromatic nitrogens is 2. The maximum atomic E-state index is 13.7. The zero-order chi connectivity index (χ0) is 22.8. The van der Waals surface area contributed by atoms with E-state index in [0.717, 1.165) is 41.0 Å². The molecule has 0 spiro atoms. The van der Waals surface area contributed by atoms with E-state index in [2.05, 4.69) is 72.9 Å². The van der Waals surface area contributed by atoms with Crippen LogP contribution in [-0.2, 0) is 10.2 Å². The van der Waals surface area contributed by atoms with Gasteiger partial charge in [0.25, 0.3) is 0 Å². The molecule has 3 unspecified atom stereocenters. The maximum Gasteiger partial charge on any atom is 0.232 e. The number of hydrogen-bond donors (Lipinski definition) is 2. The molecule has 5 nitrogen and oxygen atoms in total. The van der Waals surface area contributed by atoms with Gasteiger partial charge in [-0.2, -0.15) is 0 Å². The SMILES string of the molecule is Cc1cc(-c2[nH]c3ccc(C(C)(C)C(=O)N4CC(CN)C5CC54)cc3c2C(C)C)ccn1. The average molecular weight is 431 g/mol. The van der Waals surface area contributed by atoms with Gasteiger partial charge in [0.05, 0.1) is 11.1 Å². The molecular weight excluding hydrogens is 396 g/mol. The summed E-state index contributed by atoms with van der Waals surface area (Å²) in [5.41, 5.74) is 12.1. The van der Waals surface area contributed by atoms with Gasteiger partial charge in [0, 0.05) is 40.9 Å². The van der Waals surface area contributed by atoms with E-state index in [4.69, 9.17) is 5.73 Å². The van der Waals surface area contributed by atoms with Crippen molar-refractivity contribution in [2.24, 2.45) is 17.6 Å². The average Bonchev–Trinajstić information content (AvgIpc) is 3.32. The zero-order valence-electron chi connectivity index (χ0n) is 19.8. The molecule has 32 heavy (non-hydrogen) atoms. The first kappa shape index (κ1) is 21.2. The number of aryl methyl sites for hydroxylation is 1. The summed E-state index contributed by atoms with van der Waals surface area (Å²) in [6.45, 7) is 12.1. The third kappa shape index (κ3) is 3.25. The van der Waals surface area contributed by atoms with Crippen LogP contribution >= 0.6 is 0 Å². The summed E-state index contributed by atoms with van der Waals surface area (Å²) in [4.78, 5) is 23.8. The Bertz CT molecular complexity index is 1190. The number of fused-ring (bicyclic) bond motifs is 2. The predicted octanol–water partition coefficient (Wildman–Crippen LogP) is 4.74. The summed E-state index contributed by atoms with van der Waals surface area (Å²) in [7, 11) is 0. The highest BCUT2D eigenvalue weighted by Gasteiger charge is 2.56. The second-order valence-electron chi connectivity index (χ2n) is 10.6. The summed E-state index contributed by atoms with van der Waals surface area (Å²) in [5, 5.41) is 1.20. The van der Waals surface area contributed by atoms with E-state index in [1.54, 1.807) is 0 Å². The molecule has 1 amide bonds. The van der Waals surface area contributed by atoms with E-state index in [0.29, 0.717) is 30.3 Å². The lowest BCUT2D eigenvalue weighted by Crippen LogP contribution is -2.44. The monoisotopic (exact) mass is 430 g/mol. The minimum Gasteiger partial charge on any atom is -0.354 e. The van der Waals surface area contributed by atoms with Crippen LogP contribution in [0, 0.1) is 18.8 Å². The van der Waals surface area contributed by atoms with Gasteiger partial charge in [0.15, 0.2) is 0 Å². The van der Waals surface area contributed by atoms with Crippen molar-refractivity contribution in [3.63, 3.8) is 0 Å². The molecule has 3 atom stereocenters. The molecule has 1 aliphatic heterocycles. The number of benzene rings is 1. The first-order valence-corrected chi connectivity index (χ1v) is 11.8. The number of aromatic amines is 1. The fraction of sp³-hybridized carbons (Fsp3) is 0.481. The number of carbonyl (C=O) groups is 1. The van der Waals surface area contributed by atoms with Gasteiger partial charge in [-0.25, -0.2) is 0 Å². The molecule has 3 N–H and O–H groups in total. The van der Waals surface area contributed by atoms with Crippen molar-refractivity contribution in [3.8, 4) is 11.3 Å². The topological polar surface area (TPSA) is 75.0 Å². The lowest BCUT2D eigenvalue weighted by atomic mass is 9.82. The fourth-order valence-electron chi connectivity index (χ4n) is 5.68. The van der Waals surface area contributed by atoms with Gasteiger partial charge >= 0.3 is 0 Å². The number of likely N-dealkylation sites (tertiary alicyclic amines) is 1. The Kier molecular flexibility index (Phi) is 4.93. The van der Waals surface area contributed by atoms with Crippen molar-refractivity contribution < 1.29 is 4.79 Å². The van der Waals surface area contributed by atoms with Crippen LogP contribution in [0.4, 0.5) is 0 Å². The van der Waals surface area contributed by atoms with Gasteiger partial charge < -0.3 is 15.6 Å². The second-order valence-corrected chi connectivity index (χ2v) is 10.6. The van der Waals surface area contributed by atoms with Gasteiger partial charge in [-0.3, -0.25) is 9.78 Å². The molecule has 2 aromatic heterocycles. The molecule has 1 aromatic carbocycles. The van der Waals surface area contributed by atoms with Crippen LogP contribution in [-0.4, -0.2) is 39.9 Å². The number of hydrogen-bond acceptors (Lipinski definition) is 3. The van der Waals surface area contributed by atoms with Crippen LogP contribution in [0.3, 0.4) is 0 Å². The smallest absolute Gasteiger partial charge is 0.232 e. The first-order chi connectivity index (χ1) is 15.2. The number of H-pyrrole nitrogens is 1. The van der Waals surface area contributed by atoms with Gasteiger partial charge in [0.2, 0.25) is 5.91 Å². The van der Waals surface area contributed by atoms with Crippen molar-refractivity contribution in [2.45, 2.75) is 58.4 Å². The Morgan fingerprint density at radius 2 is 2.06 bits per heavy atom. The van der Waals surface area contributed by atoms with Crippen LogP contribution in [0.1, 0.15) is 56.9 Å². The van der Waals surface area contributed by atoms with E-state index >= 15 is 0 Å². The zero-order valence-corrected chi connectivity index (χ0v) is 19.8. The number of piperidine rings is 1. The van der Waals surface area contributed by atoms with Crippen LogP contribution in [0.2, 0.25) is 0 Å². The highest BCUT2D eigenvalue weighted by Crippen LogP contribution is 2.49. The van der Waals surface area contributed by atoms with E-state index in [1.807, 2.05) is 13.1 Å². The Hall–Kier alpha value is -2.66. The number of nitrogens with zero attached hydrogens (tertiary/aromatic N) is 2. The standard InChI is InChI=1S/C27H34N4O/c1-15(2)24-21-11-19(6-7-22(21)30-25(24)17-8-9-29-16(3)10-17)27(4,5)26(32)31-14-18(13-28)20-12-23(20)31/h6-11,15,18,20,23,30H,12-14,28H2,1-5H3. The molecule has 0 bridgehead atoms. The molecule has 2 fully saturated rings. The molecule has 2 aliphatic rings. The number of rotatable bonds is 5. The molecule has 0 radical (unpaired) electrons. The Morgan fingerprint density at radius 1 is 1.28 bits per heavy atom. The third-order valence-electron chi connectivity index (χ3n) is 7.66. The molecule has 1 aliphatic carbocycles. The molecule has 1 saturated heterocycles. The van der Waals surface area contributed by atoms with E-state index in [1.165, 1.54) is 10.9 Å². The normalized spacial score (nSPS) is 22.6. The van der Waals surface area contributed by atoms with E-state index in [-0.39, 0.29) is 5.91 Å². The fourth-order valence-corrected chi connectivity index (χ4v) is 5.68. The Labute approximate surface area is 190 Å². The third-order valence-corrected chi connectivity index (χ3v) is 7.66. The van der Waals surface area contributed by atoms with Gasteiger partial charge in [-0.1, -0.05) is 19.9 Å². The van der Waals surface area contributed by atoms with Crippen molar-refractivity contribution in [1.29, 1.82) is 0 Å². The van der Waals surface area contributed by atoms with Crippen LogP contribution < -0.4 is 5.73 Å². The molecule has 5 heteroatoms. The summed E-state index contributed by atoms with van der Waals surface area (Å²) < 4.78 is 0. The van der Waals surface area contributed by atoms with Crippen molar-refractivity contribution >= 4 is 16.8 Å². The minimum absolute atomic E-state index is 0.229. The van der Waals surface area contributed by atoms with Crippen molar-refractivity contribution in [2.75, 3.05) is 13.1 Å². The van der Waals surface area contributed by atoms with E-state index < -0.39 is 5.41 Å². The van der Waals surface area contributed by atoms with Gasteiger partial charge in [-0.05, 0) is 86.9 Å². The van der Waals surface area contributed by atoms with Gasteiger partial charge in [0.1, 0.15) is 0 Å². The number of amides is 1. The second kappa shape index (κ2) is 7.45. The lowest BCUT2D eigenvalue weighted by Gasteiger charge is -2.31. The summed E-state index contributed by atoms with van der Waals surface area (Å²) in [5.74, 6) is 1.65. The summed E-state index contributed by atoms with van der Waals surface area (Å²) in [6, 6.07) is 11.1.